The molecule has 170 valence electrons. The fourth-order valence-electron chi connectivity index (χ4n) is 3.47. The largest absolute Gasteiger partial charge is 0.476 e. The van der Waals surface area contributed by atoms with E-state index in [1.807, 2.05) is 37.3 Å². The predicted octanol–water partition coefficient (Wildman–Crippen LogP) is 3.30. The summed E-state index contributed by atoms with van der Waals surface area (Å²) < 4.78 is 22.4. The molecular formula is C23H25NO7S. The van der Waals surface area contributed by atoms with Gasteiger partial charge in [-0.05, 0) is 30.7 Å². The van der Waals surface area contributed by atoms with Crippen molar-refractivity contribution in [2.45, 2.75) is 51.4 Å². The van der Waals surface area contributed by atoms with Crippen LogP contribution in [0.3, 0.4) is 0 Å². The average molecular weight is 460 g/mol. The quantitative estimate of drug-likeness (QED) is 0.476. The van der Waals surface area contributed by atoms with Gasteiger partial charge in [0.05, 0.1) is 0 Å². The summed E-state index contributed by atoms with van der Waals surface area (Å²) >= 11 is 1.31. The lowest BCUT2D eigenvalue weighted by Gasteiger charge is -2.39. The number of carbonyl (C=O) groups is 3. The predicted molar refractivity (Wildman–Crippen MR) is 118 cm³/mol. The molecule has 32 heavy (non-hydrogen) atoms. The topological polar surface area (TPSA) is 101 Å². The van der Waals surface area contributed by atoms with Gasteiger partial charge in [0.15, 0.2) is 23.7 Å². The van der Waals surface area contributed by atoms with E-state index < -0.39 is 41.7 Å². The zero-order valence-electron chi connectivity index (χ0n) is 18.3. The van der Waals surface area contributed by atoms with Gasteiger partial charge in [0, 0.05) is 44.0 Å². The van der Waals surface area contributed by atoms with Crippen molar-refractivity contribution in [2.75, 3.05) is 5.75 Å². The second-order valence-electron chi connectivity index (χ2n) is 7.28. The number of aryl methyl sites for hydroxylation is 1. The fraction of sp³-hybridized carbons (Fsp3) is 0.391. The number of carbonyl (C=O) groups excluding carboxylic acids is 3. The highest BCUT2D eigenvalue weighted by Gasteiger charge is 2.47. The van der Waals surface area contributed by atoms with Gasteiger partial charge in [-0.3, -0.25) is 19.4 Å². The van der Waals surface area contributed by atoms with Crippen molar-refractivity contribution in [3.05, 3.63) is 48.3 Å². The highest BCUT2D eigenvalue weighted by Crippen LogP contribution is 2.35. The highest BCUT2D eigenvalue weighted by atomic mass is 32.2. The van der Waals surface area contributed by atoms with Crippen LogP contribution in [0.5, 0.6) is 5.75 Å². The third kappa shape index (κ3) is 6.00. The maximum absolute atomic E-state index is 11.8. The molecule has 2 aromatic rings. The third-order valence-electron chi connectivity index (χ3n) is 4.71. The van der Waals surface area contributed by atoms with Gasteiger partial charge in [0.1, 0.15) is 5.75 Å². The summed E-state index contributed by atoms with van der Waals surface area (Å²) in [4.78, 5) is 39.4. The minimum atomic E-state index is -0.990. The Morgan fingerprint density at radius 3 is 2.28 bits per heavy atom. The number of nitrogens with zero attached hydrogens (tertiary/aromatic N) is 1. The van der Waals surface area contributed by atoms with Gasteiger partial charge in [0.25, 0.3) is 0 Å². The molecule has 4 atom stereocenters. The van der Waals surface area contributed by atoms with Gasteiger partial charge < -0.3 is 18.9 Å². The Morgan fingerprint density at radius 2 is 1.62 bits per heavy atom. The van der Waals surface area contributed by atoms with Crippen molar-refractivity contribution in [3.63, 3.8) is 0 Å². The molecule has 0 saturated carbocycles. The van der Waals surface area contributed by atoms with E-state index in [0.29, 0.717) is 11.5 Å². The van der Waals surface area contributed by atoms with E-state index in [9.17, 15) is 14.4 Å². The molecule has 8 nitrogen and oxygen atoms in total. The molecule has 3 rings (SSSR count). The van der Waals surface area contributed by atoms with Crippen LogP contribution in [0.2, 0.25) is 0 Å². The van der Waals surface area contributed by atoms with Crippen LogP contribution in [0.15, 0.2) is 42.6 Å². The molecule has 0 bridgehead atoms. The molecule has 1 fully saturated rings. The van der Waals surface area contributed by atoms with Crippen molar-refractivity contribution in [1.29, 1.82) is 0 Å². The average Bonchev–Trinajstić information content (AvgIpc) is 2.72. The van der Waals surface area contributed by atoms with E-state index in [4.69, 9.17) is 18.9 Å². The van der Waals surface area contributed by atoms with E-state index >= 15 is 0 Å². The lowest BCUT2D eigenvalue weighted by Crippen LogP contribution is -2.55. The first-order valence-electron chi connectivity index (χ1n) is 10.1. The minimum absolute atomic E-state index is 0.307. The Balaban J connectivity index is 1.88. The van der Waals surface area contributed by atoms with Crippen molar-refractivity contribution >= 4 is 29.7 Å². The van der Waals surface area contributed by atoms with Crippen LogP contribution in [-0.4, -0.2) is 52.4 Å². The van der Waals surface area contributed by atoms with Crippen molar-refractivity contribution in [3.8, 4) is 16.9 Å². The zero-order chi connectivity index (χ0) is 23.3. The molecule has 9 heteroatoms. The van der Waals surface area contributed by atoms with Crippen LogP contribution in [0.4, 0.5) is 0 Å². The van der Waals surface area contributed by atoms with Gasteiger partial charge in [0.2, 0.25) is 0 Å². The smallest absolute Gasteiger partial charge is 0.303 e. The van der Waals surface area contributed by atoms with E-state index in [1.54, 1.807) is 12.3 Å². The second kappa shape index (κ2) is 10.5. The minimum Gasteiger partial charge on any atom is -0.476 e. The molecule has 0 spiro atoms. The van der Waals surface area contributed by atoms with Gasteiger partial charge in [-0.15, -0.1) is 11.8 Å². The fourth-order valence-corrected chi connectivity index (χ4v) is 4.69. The number of hydrogen-bond acceptors (Lipinski definition) is 9. The molecule has 1 aromatic heterocycles. The lowest BCUT2D eigenvalue weighted by molar-refractivity contribution is -0.186. The summed E-state index contributed by atoms with van der Waals surface area (Å²) in [5, 5.41) is 0. The van der Waals surface area contributed by atoms with Crippen molar-refractivity contribution < 1.29 is 33.3 Å². The summed E-state index contributed by atoms with van der Waals surface area (Å²) in [6.45, 7) is 5.70. The third-order valence-corrected chi connectivity index (χ3v) is 5.92. The Kier molecular flexibility index (Phi) is 7.74. The van der Waals surface area contributed by atoms with Gasteiger partial charge >= 0.3 is 17.9 Å². The highest BCUT2D eigenvalue weighted by molar-refractivity contribution is 7.99. The molecule has 1 aromatic carbocycles. The molecule has 0 radical (unpaired) electrons. The Bertz CT molecular complexity index is 996. The number of thioether (sulfide) groups is 1. The number of esters is 3. The van der Waals surface area contributed by atoms with Crippen LogP contribution >= 0.6 is 11.8 Å². The van der Waals surface area contributed by atoms with Crippen LogP contribution < -0.4 is 4.74 Å². The van der Waals surface area contributed by atoms with Crippen molar-refractivity contribution in [2.24, 2.45) is 0 Å². The van der Waals surface area contributed by atoms with Crippen LogP contribution in [0, 0.1) is 6.92 Å². The molecule has 0 N–H and O–H groups in total. The monoisotopic (exact) mass is 459 g/mol. The van der Waals surface area contributed by atoms with E-state index in [-0.39, 0.29) is 0 Å². The number of pyridine rings is 1. The van der Waals surface area contributed by atoms with E-state index in [1.165, 1.54) is 32.5 Å². The zero-order valence-corrected chi connectivity index (χ0v) is 19.1. The molecule has 0 aliphatic carbocycles. The number of hydrogen-bond donors (Lipinski definition) is 0. The Hall–Kier alpha value is -3.07. The number of benzene rings is 1. The normalized spacial score (nSPS) is 22.5. The van der Waals surface area contributed by atoms with E-state index in [2.05, 4.69) is 4.98 Å². The number of rotatable bonds is 6. The van der Waals surface area contributed by atoms with Gasteiger partial charge in [-0.2, -0.15) is 0 Å². The first kappa shape index (κ1) is 23.6. The van der Waals surface area contributed by atoms with Crippen LogP contribution in [-0.2, 0) is 28.6 Å². The first-order valence-corrected chi connectivity index (χ1v) is 11.1. The maximum Gasteiger partial charge on any atom is 0.303 e. The molecule has 0 amide bonds. The summed E-state index contributed by atoms with van der Waals surface area (Å²) in [7, 11) is 0. The number of aromatic nitrogens is 1. The SMILES string of the molecule is CC(=O)O[C@@H]1[C@@H](OC(C)=O)[C@@H](Oc2cccc(-c3cccnc3C)c2)SC[C@H]1OC(C)=O. The Morgan fingerprint density at radius 1 is 0.938 bits per heavy atom. The van der Waals surface area contributed by atoms with E-state index in [0.717, 1.165) is 16.8 Å². The molecule has 0 unspecified atom stereocenters. The summed E-state index contributed by atoms with van der Waals surface area (Å²) in [6.07, 6.45) is -0.996. The summed E-state index contributed by atoms with van der Waals surface area (Å²) in [5.74, 6) is -0.809. The molecule has 2 heterocycles. The van der Waals surface area contributed by atoms with Crippen LogP contribution in [0.25, 0.3) is 11.1 Å². The molecule has 1 aliphatic heterocycles. The van der Waals surface area contributed by atoms with Crippen LogP contribution in [0.1, 0.15) is 26.5 Å². The Labute approximate surface area is 190 Å². The molecule has 1 aliphatic rings. The summed E-state index contributed by atoms with van der Waals surface area (Å²) in [6, 6.07) is 11.3. The molecular weight excluding hydrogens is 434 g/mol. The number of ether oxygens (including phenoxy) is 4. The van der Waals surface area contributed by atoms with Gasteiger partial charge in [-0.1, -0.05) is 18.2 Å². The lowest BCUT2D eigenvalue weighted by atomic mass is 10.0. The van der Waals surface area contributed by atoms with Crippen molar-refractivity contribution in [1.82, 2.24) is 4.98 Å². The van der Waals surface area contributed by atoms with Gasteiger partial charge in [-0.25, -0.2) is 0 Å². The second-order valence-corrected chi connectivity index (χ2v) is 8.41. The summed E-state index contributed by atoms with van der Waals surface area (Å²) in [5.41, 5.74) is 2.10. The standard InChI is InChI=1S/C23H25NO7S/c1-13-19(9-6-10-24-13)17-7-5-8-18(11-17)31-23-22(30-16(4)27)21(29-15(3)26)20(12-32-23)28-14(2)25/h5-11,20-23H,12H2,1-4H3/t20-,21+,22-,23+/m1/s1. The first-order chi connectivity index (χ1) is 15.2. The molecule has 1 saturated heterocycles. The maximum atomic E-state index is 11.8.